The highest BCUT2D eigenvalue weighted by Gasteiger charge is 2.30. The third-order valence-electron chi connectivity index (χ3n) is 12.1. The van der Waals surface area contributed by atoms with Crippen molar-refractivity contribution < 1.29 is 92.8 Å². The second-order valence-corrected chi connectivity index (χ2v) is 19.1. The normalized spacial score (nSPS) is 12.4. The van der Waals surface area contributed by atoms with Gasteiger partial charge in [-0.3, -0.25) is 0 Å². The van der Waals surface area contributed by atoms with Crippen LogP contribution < -0.4 is 54.7 Å². The number of nitrogen functional groups attached to an aromatic ring is 2. The summed E-state index contributed by atoms with van der Waals surface area (Å²) in [5.74, 6) is -5.83. The molecule has 424 valence electrons. The van der Waals surface area contributed by atoms with E-state index in [-0.39, 0.29) is 78.3 Å². The lowest BCUT2D eigenvalue weighted by molar-refractivity contribution is 0.0587. The Balaban J connectivity index is 0.000000163. The molecule has 20 nitrogen and oxygen atoms in total. The van der Waals surface area contributed by atoms with Gasteiger partial charge in [0, 0.05) is 54.1 Å². The average molecular weight is 1180 g/mol. The molecule has 5 N–H and O–H groups in total. The van der Waals surface area contributed by atoms with E-state index >= 15 is 0 Å². The highest BCUT2D eigenvalue weighted by Crippen LogP contribution is 2.39. The Kier molecular flexibility index (Phi) is 18.4. The highest BCUT2D eigenvalue weighted by molar-refractivity contribution is 7.11. The second kappa shape index (κ2) is 25.6. The van der Waals surface area contributed by atoms with Crippen molar-refractivity contribution in [3.8, 4) is 46.4 Å². The molecule has 6 heterocycles. The number of aromatic nitrogens is 3. The van der Waals surface area contributed by atoms with E-state index in [1.54, 1.807) is 26.4 Å². The van der Waals surface area contributed by atoms with Crippen molar-refractivity contribution >= 4 is 67.5 Å². The van der Waals surface area contributed by atoms with Gasteiger partial charge in [0.15, 0.2) is 51.4 Å². The topological polar surface area (TPSA) is 255 Å². The van der Waals surface area contributed by atoms with Gasteiger partial charge in [-0.2, -0.15) is 13.1 Å². The maximum atomic E-state index is 14.7. The minimum Gasteiger partial charge on any atom is -0.497 e. The summed E-state index contributed by atoms with van der Waals surface area (Å²) in [4.78, 5) is 35.7. The van der Waals surface area contributed by atoms with Gasteiger partial charge < -0.3 is 68.9 Å². The number of carbonyl (C=O) groups is 3. The number of hydrogen-bond acceptors (Lipinski definition) is 23. The summed E-state index contributed by atoms with van der Waals surface area (Å²) < 4.78 is 154. The van der Waals surface area contributed by atoms with Crippen molar-refractivity contribution in [1.82, 2.24) is 13.1 Å². The average Bonchev–Trinajstić information content (AvgIpc) is 4.37. The molecule has 4 aromatic carbocycles. The van der Waals surface area contributed by atoms with E-state index in [9.17, 15) is 40.7 Å². The molecule has 7 aromatic rings. The number of anilines is 3. The molecule has 0 unspecified atom stereocenters. The minimum absolute atomic E-state index is 0.0261. The monoisotopic (exact) mass is 1180 g/mol. The first-order valence-corrected chi connectivity index (χ1v) is 25.8. The quantitative estimate of drug-likeness (QED) is 0.0437. The summed E-state index contributed by atoms with van der Waals surface area (Å²) in [6, 6.07) is 9.03. The number of ether oxygens (including phenoxy) is 11. The van der Waals surface area contributed by atoms with Gasteiger partial charge in [-0.1, -0.05) is 0 Å². The molecule has 0 radical (unpaired) electrons. The van der Waals surface area contributed by atoms with Crippen LogP contribution in [0.2, 0.25) is 0 Å². The maximum absolute atomic E-state index is 14.7. The first-order chi connectivity index (χ1) is 38.5. The molecular weight excluding hydrogens is 1130 g/mol. The molecule has 3 aliphatic heterocycles. The van der Waals surface area contributed by atoms with E-state index in [1.807, 2.05) is 6.07 Å². The highest BCUT2D eigenvalue weighted by atomic mass is 32.1. The SMILES string of the molecule is COC(=O)c1c(OCc2c(F)cc3c(c2F)OCC3)nsc1N.COC(=O)c1c(OCc2c(F)cc3c(c2F)OCC3)nsc1N.COC(=O)c1c(OCc2c(F)cc3c(c2F)OCC3)nsc1NCc1ccc(OC)cc1OC. The molecule has 10 rings (SSSR count). The molecule has 0 bridgehead atoms. The van der Waals surface area contributed by atoms with Gasteiger partial charge in [-0.25, -0.2) is 40.7 Å². The summed E-state index contributed by atoms with van der Waals surface area (Å²) >= 11 is 2.62. The first kappa shape index (κ1) is 57.7. The molecule has 3 aromatic heterocycles. The van der Waals surface area contributed by atoms with Crippen molar-refractivity contribution in [2.75, 3.05) is 72.2 Å². The van der Waals surface area contributed by atoms with Crippen molar-refractivity contribution in [2.24, 2.45) is 0 Å². The second-order valence-electron chi connectivity index (χ2n) is 16.7. The molecule has 0 saturated carbocycles. The number of benzene rings is 4. The number of halogens is 6. The molecule has 3 aliphatic rings. The fraction of sp³-hybridized carbons (Fsp3) is 0.294. The van der Waals surface area contributed by atoms with Crippen LogP contribution in [0, 0.1) is 34.9 Å². The molecule has 0 aliphatic carbocycles. The van der Waals surface area contributed by atoms with Gasteiger partial charge >= 0.3 is 17.9 Å². The molecular formula is C51H46F6N6O14S3. The summed E-state index contributed by atoms with van der Waals surface area (Å²) in [5, 5.41) is 3.70. The van der Waals surface area contributed by atoms with Gasteiger partial charge in [0.05, 0.1) is 72.1 Å². The van der Waals surface area contributed by atoms with Gasteiger partial charge in [0.25, 0.3) is 0 Å². The lowest BCUT2D eigenvalue weighted by Crippen LogP contribution is -2.10. The number of carbonyl (C=O) groups excluding carboxylic acids is 3. The predicted octanol–water partition coefficient (Wildman–Crippen LogP) is 8.96. The number of esters is 3. The van der Waals surface area contributed by atoms with E-state index in [0.29, 0.717) is 78.8 Å². The predicted molar refractivity (Wildman–Crippen MR) is 276 cm³/mol. The van der Waals surface area contributed by atoms with E-state index in [1.165, 1.54) is 39.5 Å². The maximum Gasteiger partial charge on any atom is 0.346 e. The summed E-state index contributed by atoms with van der Waals surface area (Å²) in [6.07, 6.45) is 1.36. The zero-order valence-electron chi connectivity index (χ0n) is 42.7. The Morgan fingerprint density at radius 1 is 0.550 bits per heavy atom. The largest absolute Gasteiger partial charge is 0.497 e. The van der Waals surface area contributed by atoms with E-state index in [0.717, 1.165) is 40.2 Å². The zero-order chi connectivity index (χ0) is 57.4. The van der Waals surface area contributed by atoms with Gasteiger partial charge in [0.1, 0.15) is 63.8 Å². The van der Waals surface area contributed by atoms with Crippen LogP contribution in [0.3, 0.4) is 0 Å². The van der Waals surface area contributed by atoms with Crippen molar-refractivity contribution in [2.45, 2.75) is 45.6 Å². The Morgan fingerprint density at radius 2 is 0.938 bits per heavy atom. The van der Waals surface area contributed by atoms with Crippen molar-refractivity contribution in [3.63, 3.8) is 0 Å². The lowest BCUT2D eigenvalue weighted by Gasteiger charge is -2.12. The lowest BCUT2D eigenvalue weighted by atomic mass is 10.1. The zero-order valence-corrected chi connectivity index (χ0v) is 45.2. The van der Waals surface area contributed by atoms with Crippen LogP contribution in [0.15, 0.2) is 36.4 Å². The molecule has 0 saturated heterocycles. The van der Waals surface area contributed by atoms with Crippen molar-refractivity contribution in [1.29, 1.82) is 0 Å². The summed E-state index contributed by atoms with van der Waals surface area (Å²) in [7, 11) is 6.68. The Hall–Kier alpha value is -8.44. The third-order valence-corrected chi connectivity index (χ3v) is 14.2. The summed E-state index contributed by atoms with van der Waals surface area (Å²) in [5.41, 5.74) is 12.5. The minimum atomic E-state index is -0.813. The standard InChI is InChI=1S/C23H22F2N2O6S.2C14H12F2N2O4S/c1-29-14-5-4-13(17(9-14)30-2)10-26-22-18(23(28)31-3)21(27-34-22)33-11-15-16(24)8-12-6-7-32-20(12)19(15)25;2*1-20-14(19)9-12(17)23-18-13(9)22-5-7-8(15)4-6-2-3-21-11(6)10(7)16/h4-5,8-9,26H,6-7,10-11H2,1-3H3;2*4H,2-3,5,17H2,1H3. The Labute approximate surface area is 462 Å². The number of methoxy groups -OCH3 is 5. The Bertz CT molecular complexity index is 3340. The number of nitrogens with one attached hydrogen (secondary N) is 1. The van der Waals surface area contributed by atoms with Crippen LogP contribution in [0.4, 0.5) is 41.3 Å². The third kappa shape index (κ3) is 12.2. The van der Waals surface area contributed by atoms with Crippen LogP contribution in [0.1, 0.15) is 70.0 Å². The van der Waals surface area contributed by atoms with Crippen LogP contribution >= 0.6 is 34.6 Å². The van der Waals surface area contributed by atoms with E-state index in [4.69, 9.17) is 54.1 Å². The van der Waals surface area contributed by atoms with Gasteiger partial charge in [-0.15, -0.1) is 0 Å². The molecule has 0 fully saturated rings. The van der Waals surface area contributed by atoms with Crippen LogP contribution in [0.25, 0.3) is 0 Å². The number of fused-ring (bicyclic) bond motifs is 3. The fourth-order valence-electron chi connectivity index (χ4n) is 8.00. The molecule has 0 spiro atoms. The fourth-order valence-corrected chi connectivity index (χ4v) is 9.89. The molecule has 80 heavy (non-hydrogen) atoms. The van der Waals surface area contributed by atoms with Gasteiger partial charge in [-0.05, 0) is 64.9 Å². The number of hydrogen-bond donors (Lipinski definition) is 3. The number of rotatable bonds is 17. The number of nitrogens with zero attached hydrogens (tertiary/aromatic N) is 3. The first-order valence-electron chi connectivity index (χ1n) is 23.5. The smallest absolute Gasteiger partial charge is 0.346 e. The number of nitrogens with two attached hydrogens (primary N) is 2. The summed E-state index contributed by atoms with van der Waals surface area (Å²) in [6.45, 7) is -0.181. The Morgan fingerprint density at radius 3 is 1.32 bits per heavy atom. The van der Waals surface area contributed by atoms with E-state index in [2.05, 4.69) is 27.9 Å². The van der Waals surface area contributed by atoms with Crippen LogP contribution in [-0.4, -0.2) is 86.4 Å². The van der Waals surface area contributed by atoms with Gasteiger partial charge in [0.2, 0.25) is 17.6 Å². The van der Waals surface area contributed by atoms with Crippen molar-refractivity contribution in [3.05, 3.63) is 127 Å². The van der Waals surface area contributed by atoms with E-state index < -0.39 is 72.6 Å². The van der Waals surface area contributed by atoms with Crippen LogP contribution in [-0.2, 0) is 59.8 Å². The van der Waals surface area contributed by atoms with Crippen LogP contribution in [0.5, 0.6) is 46.4 Å². The molecule has 0 atom stereocenters. The molecule has 29 heteroatoms. The molecule has 0 amide bonds.